The van der Waals surface area contributed by atoms with Gasteiger partial charge in [0.25, 0.3) is 0 Å². The van der Waals surface area contributed by atoms with Crippen LogP contribution >= 0.6 is 0 Å². The van der Waals surface area contributed by atoms with E-state index >= 15 is 0 Å². The molecule has 3 heteroatoms. The number of carbonyl (C=O) groups is 1. The number of quaternary nitrogens is 1. The van der Waals surface area contributed by atoms with Crippen molar-refractivity contribution in [1.82, 2.24) is 0 Å². The van der Waals surface area contributed by atoms with Gasteiger partial charge >= 0.3 is 0 Å². The first-order chi connectivity index (χ1) is 6.12. The highest BCUT2D eigenvalue weighted by Gasteiger charge is 2.18. The van der Waals surface area contributed by atoms with Gasteiger partial charge < -0.3 is 10.2 Å². The lowest BCUT2D eigenvalue weighted by atomic mass is 9.88. The van der Waals surface area contributed by atoms with Crippen molar-refractivity contribution in [2.45, 2.75) is 20.3 Å². The maximum Gasteiger partial charge on any atom is 0.241 e. The third-order valence-electron chi connectivity index (χ3n) is 2.13. The lowest BCUT2D eigenvalue weighted by Gasteiger charge is -2.28. The molecule has 0 aliphatic rings. The van der Waals surface area contributed by atoms with E-state index < -0.39 is 0 Å². The van der Waals surface area contributed by atoms with E-state index in [2.05, 4.69) is 35.0 Å². The van der Waals surface area contributed by atoms with Crippen LogP contribution in [0.2, 0.25) is 0 Å². The molecule has 14 heavy (non-hydrogen) atoms. The molecule has 0 heterocycles. The first kappa shape index (κ1) is 13.2. The first-order valence-corrected chi connectivity index (χ1v) is 4.91. The Morgan fingerprint density at radius 2 is 1.86 bits per heavy atom. The van der Waals surface area contributed by atoms with Crippen LogP contribution in [0.1, 0.15) is 20.3 Å². The van der Waals surface area contributed by atoms with E-state index in [0.29, 0.717) is 0 Å². The molecule has 0 fully saturated rings. The summed E-state index contributed by atoms with van der Waals surface area (Å²) in [6, 6.07) is 0. The molecule has 0 saturated carbocycles. The molecule has 0 rings (SSSR count). The maximum atomic E-state index is 10.6. The number of nitrogens with zero attached hydrogens (tertiary/aromatic N) is 1. The molecule has 82 valence electrons. The molecule has 0 radical (unpaired) electrons. The summed E-state index contributed by atoms with van der Waals surface area (Å²) in [4.78, 5) is 10.6. The molecule has 0 saturated heterocycles. The summed E-state index contributed by atoms with van der Waals surface area (Å²) < 4.78 is 0.938. The molecule has 0 atom stereocenters. The van der Waals surface area contributed by atoms with Crippen molar-refractivity contribution in [3.8, 4) is 0 Å². The van der Waals surface area contributed by atoms with Crippen molar-refractivity contribution in [2.75, 3.05) is 27.7 Å². The third-order valence-corrected chi connectivity index (χ3v) is 2.13. The second kappa shape index (κ2) is 4.60. The number of hydrogen-bond donors (Lipinski definition) is 1. The molecule has 0 aromatic heterocycles. The number of carbonyl (C=O) groups excluding carboxylic acids is 1. The van der Waals surface area contributed by atoms with Crippen LogP contribution in [0.3, 0.4) is 0 Å². The summed E-state index contributed by atoms with van der Waals surface area (Å²) in [6.07, 6.45) is 4.39. The van der Waals surface area contributed by atoms with E-state index in [0.717, 1.165) is 17.4 Å². The van der Waals surface area contributed by atoms with Gasteiger partial charge in [0.1, 0.15) is 0 Å². The van der Waals surface area contributed by atoms with E-state index in [4.69, 9.17) is 5.73 Å². The summed E-state index contributed by atoms with van der Waals surface area (Å²) in [6.45, 7) is 5.31. The molecule has 0 unspecified atom stereocenters. The van der Waals surface area contributed by atoms with E-state index in [-0.39, 0.29) is 11.3 Å². The molecule has 3 nitrogen and oxygen atoms in total. The second-order valence-corrected chi connectivity index (χ2v) is 5.49. The lowest BCUT2D eigenvalue weighted by molar-refractivity contribution is -0.871. The Bertz CT molecular complexity index is 224. The zero-order valence-corrected chi connectivity index (χ0v) is 10.0. The summed E-state index contributed by atoms with van der Waals surface area (Å²) in [7, 11) is 6.48. The van der Waals surface area contributed by atoms with Gasteiger partial charge in [-0.15, -0.1) is 0 Å². The normalized spacial score (nSPS) is 13.5. The zero-order chi connectivity index (χ0) is 11.4. The molecule has 0 spiro atoms. The fourth-order valence-corrected chi connectivity index (χ4v) is 1.01. The van der Waals surface area contributed by atoms with Crippen molar-refractivity contribution in [3.05, 3.63) is 12.2 Å². The molecule has 0 aliphatic carbocycles. The highest BCUT2D eigenvalue weighted by molar-refractivity contribution is 5.85. The van der Waals surface area contributed by atoms with Crippen LogP contribution in [0.5, 0.6) is 0 Å². The Balaban J connectivity index is 4.14. The van der Waals surface area contributed by atoms with Crippen LogP contribution in [0.15, 0.2) is 12.2 Å². The first-order valence-electron chi connectivity index (χ1n) is 4.91. The highest BCUT2D eigenvalue weighted by atomic mass is 16.1. The molecule has 0 bridgehead atoms. The van der Waals surface area contributed by atoms with E-state index in [1.165, 1.54) is 6.08 Å². The second-order valence-electron chi connectivity index (χ2n) is 5.49. The quantitative estimate of drug-likeness (QED) is 0.524. The van der Waals surface area contributed by atoms with Crippen LogP contribution in [-0.2, 0) is 4.79 Å². The molecule has 0 aromatic carbocycles. The van der Waals surface area contributed by atoms with Crippen molar-refractivity contribution in [2.24, 2.45) is 11.1 Å². The molecule has 1 amide bonds. The third kappa shape index (κ3) is 7.80. The minimum absolute atomic E-state index is 0.0422. The van der Waals surface area contributed by atoms with E-state index in [9.17, 15) is 4.79 Å². The number of primary amides is 1. The Morgan fingerprint density at radius 1 is 1.36 bits per heavy atom. The number of rotatable bonds is 5. The Kier molecular flexibility index (Phi) is 4.33. The highest BCUT2D eigenvalue weighted by Crippen LogP contribution is 2.22. The van der Waals surface area contributed by atoms with Gasteiger partial charge in [0.15, 0.2) is 0 Å². The van der Waals surface area contributed by atoms with Crippen LogP contribution in [-0.4, -0.2) is 38.1 Å². The van der Waals surface area contributed by atoms with E-state index in [1.807, 2.05) is 6.08 Å². The maximum absolute atomic E-state index is 10.6. The molecule has 2 N–H and O–H groups in total. The number of allylic oxidation sites excluding steroid dienone is 1. The van der Waals surface area contributed by atoms with Gasteiger partial charge in [-0.1, -0.05) is 19.9 Å². The average molecular weight is 199 g/mol. The largest absolute Gasteiger partial charge is 0.366 e. The summed E-state index contributed by atoms with van der Waals surface area (Å²) in [5.74, 6) is -0.372. The van der Waals surface area contributed by atoms with Gasteiger partial charge in [0, 0.05) is 6.42 Å². The van der Waals surface area contributed by atoms with Gasteiger partial charge in [-0.05, 0) is 11.5 Å². The monoisotopic (exact) mass is 199 g/mol. The minimum Gasteiger partial charge on any atom is -0.366 e. The fourth-order valence-electron chi connectivity index (χ4n) is 1.01. The number of hydrogen-bond acceptors (Lipinski definition) is 1. The Morgan fingerprint density at radius 3 is 2.21 bits per heavy atom. The molecule has 0 aliphatic heterocycles. The fraction of sp³-hybridized carbons (Fsp3) is 0.727. The topological polar surface area (TPSA) is 43.1 Å². The summed E-state index contributed by atoms with van der Waals surface area (Å²) in [5.41, 5.74) is 5.09. The Hall–Kier alpha value is -0.830. The van der Waals surface area contributed by atoms with E-state index in [1.54, 1.807) is 0 Å². The predicted octanol–water partition coefficient (Wildman–Crippen LogP) is 1.15. The van der Waals surface area contributed by atoms with Gasteiger partial charge in [-0.25, -0.2) is 0 Å². The zero-order valence-electron chi connectivity index (χ0n) is 10.0. The van der Waals surface area contributed by atoms with Crippen LogP contribution in [0.4, 0.5) is 0 Å². The van der Waals surface area contributed by atoms with Gasteiger partial charge in [0.05, 0.1) is 27.7 Å². The van der Waals surface area contributed by atoms with Crippen molar-refractivity contribution < 1.29 is 9.28 Å². The van der Waals surface area contributed by atoms with Crippen LogP contribution in [0.25, 0.3) is 0 Å². The Labute approximate surface area is 87.2 Å². The van der Waals surface area contributed by atoms with Gasteiger partial charge in [0.2, 0.25) is 5.91 Å². The summed E-state index contributed by atoms with van der Waals surface area (Å²) in [5, 5.41) is 0. The lowest BCUT2D eigenvalue weighted by Crippen LogP contribution is -2.37. The van der Waals surface area contributed by atoms with Crippen molar-refractivity contribution in [1.29, 1.82) is 0 Å². The minimum atomic E-state index is -0.372. The van der Waals surface area contributed by atoms with Gasteiger partial charge in [-0.3, -0.25) is 4.79 Å². The average Bonchev–Trinajstić information content (AvgIpc) is 1.97. The smallest absolute Gasteiger partial charge is 0.241 e. The number of amides is 1. The van der Waals surface area contributed by atoms with Gasteiger partial charge in [-0.2, -0.15) is 0 Å². The molecular weight excluding hydrogens is 176 g/mol. The molecule has 0 aromatic rings. The standard InChI is InChI=1S/C11H22N2O/c1-11(2,7-6-10(12)14)8-9-13(3,4)5/h6-7H,8-9H2,1-5H3,(H-,12,14)/p+1. The summed E-state index contributed by atoms with van der Waals surface area (Å²) >= 11 is 0. The van der Waals surface area contributed by atoms with Crippen molar-refractivity contribution in [3.63, 3.8) is 0 Å². The van der Waals surface area contributed by atoms with Crippen LogP contribution < -0.4 is 5.73 Å². The number of nitrogens with two attached hydrogens (primary N) is 1. The van der Waals surface area contributed by atoms with Crippen molar-refractivity contribution >= 4 is 5.91 Å². The van der Waals surface area contributed by atoms with Crippen LogP contribution in [0, 0.1) is 5.41 Å². The SMILES string of the molecule is CC(C)(C=CC(N)=O)CC[N+](C)(C)C. The molecular formula is C11H23N2O+. The predicted molar refractivity (Wildman–Crippen MR) is 59.6 cm³/mol.